The molecular weight excluding hydrogens is 439 g/mol. The average Bonchev–Trinajstić information content (AvgIpc) is 2.65. The summed E-state index contributed by atoms with van der Waals surface area (Å²) < 4.78 is 23.0. The predicted molar refractivity (Wildman–Crippen MR) is 116 cm³/mol. The zero-order valence-electron chi connectivity index (χ0n) is 17.5. The van der Waals surface area contributed by atoms with Gasteiger partial charge in [-0.2, -0.15) is 4.89 Å². The minimum atomic E-state index is -3.64. The van der Waals surface area contributed by atoms with Gasteiger partial charge < -0.3 is 14.2 Å². The van der Waals surface area contributed by atoms with Crippen molar-refractivity contribution in [3.63, 3.8) is 0 Å². The molecule has 0 aromatic heterocycles. The van der Waals surface area contributed by atoms with E-state index in [1.807, 2.05) is 24.3 Å². The van der Waals surface area contributed by atoms with Crippen LogP contribution in [0, 0.1) is 17.8 Å². The van der Waals surface area contributed by atoms with Gasteiger partial charge in [0.1, 0.15) is 5.75 Å². The molecule has 0 radical (unpaired) electrons. The van der Waals surface area contributed by atoms with Gasteiger partial charge in [0.15, 0.2) is 5.60 Å². The van der Waals surface area contributed by atoms with Crippen LogP contribution in [0.1, 0.15) is 37.7 Å². The Morgan fingerprint density at radius 2 is 1.77 bits per heavy atom. The maximum atomic E-state index is 11.7. The van der Waals surface area contributed by atoms with Gasteiger partial charge in [-0.1, -0.05) is 18.2 Å². The lowest BCUT2D eigenvalue weighted by Gasteiger charge is -2.70. The van der Waals surface area contributed by atoms with Crippen molar-refractivity contribution in [2.24, 2.45) is 17.8 Å². The summed E-state index contributed by atoms with van der Waals surface area (Å²) in [5.41, 5.74) is 0.342. The average molecular weight is 465 g/mol. The molecule has 1 aliphatic heterocycles. The fraction of sp³-hybridized carbons (Fsp3) is 0.565. The van der Waals surface area contributed by atoms with Gasteiger partial charge >= 0.3 is 7.60 Å². The summed E-state index contributed by atoms with van der Waals surface area (Å²) in [5.74, 6) is 0.583. The number of hydrogen-bond donors (Lipinski definition) is 1. The molecule has 1 spiro atoms. The van der Waals surface area contributed by atoms with Crippen molar-refractivity contribution in [2.45, 2.75) is 48.4 Å². The highest BCUT2D eigenvalue weighted by atomic mass is 35.5. The van der Waals surface area contributed by atoms with Crippen molar-refractivity contribution in [3.8, 4) is 5.75 Å². The van der Waals surface area contributed by atoms with E-state index < -0.39 is 19.0 Å². The molecule has 5 aliphatic rings. The highest BCUT2D eigenvalue weighted by Crippen LogP contribution is 2.71. The van der Waals surface area contributed by atoms with E-state index in [0.29, 0.717) is 11.7 Å². The molecule has 4 saturated carbocycles. The number of benzene rings is 2. The van der Waals surface area contributed by atoms with Crippen LogP contribution in [-0.4, -0.2) is 29.1 Å². The van der Waals surface area contributed by atoms with Gasteiger partial charge in [0.2, 0.25) is 0 Å². The normalized spacial score (nSPS) is 42.5. The molecule has 2 aromatic rings. The van der Waals surface area contributed by atoms with E-state index in [1.54, 1.807) is 19.2 Å². The first-order chi connectivity index (χ1) is 14.7. The molecule has 4 aliphatic carbocycles. The second kappa shape index (κ2) is 6.47. The maximum Gasteiger partial charge on any atom is 0.373 e. The summed E-state index contributed by atoms with van der Waals surface area (Å²) in [7, 11) is -1.97. The maximum absolute atomic E-state index is 11.7. The molecule has 6 nitrogen and oxygen atoms in total. The number of methoxy groups -OCH3 is 1. The lowest BCUT2D eigenvalue weighted by Crippen LogP contribution is -2.78. The summed E-state index contributed by atoms with van der Waals surface area (Å²) in [4.78, 5) is 21.3. The first kappa shape index (κ1) is 20.5. The Bertz CT molecular complexity index is 1090. The fourth-order valence-corrected chi connectivity index (χ4v) is 8.12. The van der Waals surface area contributed by atoms with Crippen molar-refractivity contribution in [1.29, 1.82) is 0 Å². The number of ether oxygens (including phenoxy) is 1. The second-order valence-corrected chi connectivity index (χ2v) is 12.5. The van der Waals surface area contributed by atoms with Gasteiger partial charge in [-0.15, -0.1) is 11.6 Å². The van der Waals surface area contributed by atoms with Crippen molar-refractivity contribution in [2.75, 3.05) is 13.8 Å². The van der Waals surface area contributed by atoms with Gasteiger partial charge in [-0.3, -0.25) is 0 Å². The van der Waals surface area contributed by atoms with E-state index in [1.165, 1.54) is 6.66 Å². The van der Waals surface area contributed by atoms with Crippen LogP contribution < -0.4 is 4.52 Å². The van der Waals surface area contributed by atoms with Crippen LogP contribution in [0.5, 0.6) is 5.75 Å². The van der Waals surface area contributed by atoms with Gasteiger partial charge in [-0.25, -0.2) is 9.45 Å². The third-order valence-electron chi connectivity index (χ3n) is 7.89. The van der Waals surface area contributed by atoms with E-state index in [4.69, 9.17) is 30.6 Å². The Morgan fingerprint density at radius 1 is 1.06 bits per heavy atom. The highest BCUT2D eigenvalue weighted by molar-refractivity contribution is 7.52. The molecule has 166 valence electrons. The summed E-state index contributed by atoms with van der Waals surface area (Å²) in [6, 6.07) is 11.4. The summed E-state index contributed by atoms with van der Waals surface area (Å²) in [5, 5.41) is 1.87. The van der Waals surface area contributed by atoms with Crippen LogP contribution in [-0.2, 0) is 24.9 Å². The van der Waals surface area contributed by atoms with Crippen LogP contribution in [0.3, 0.4) is 0 Å². The van der Waals surface area contributed by atoms with Crippen molar-refractivity contribution in [1.82, 2.24) is 0 Å². The van der Waals surface area contributed by atoms with Crippen molar-refractivity contribution in [3.05, 3.63) is 42.0 Å². The first-order valence-electron chi connectivity index (χ1n) is 10.8. The lowest BCUT2D eigenvalue weighted by atomic mass is 9.46. The number of rotatable bonds is 4. The van der Waals surface area contributed by atoms with Crippen LogP contribution >= 0.6 is 19.2 Å². The number of halogens is 1. The third-order valence-corrected chi connectivity index (χ3v) is 8.91. The highest BCUT2D eigenvalue weighted by Gasteiger charge is 2.78. The molecule has 1 heterocycles. The zero-order chi connectivity index (χ0) is 21.6. The van der Waals surface area contributed by atoms with Crippen LogP contribution in [0.25, 0.3) is 10.8 Å². The summed E-state index contributed by atoms with van der Waals surface area (Å²) in [6.45, 7) is 1.17. The predicted octanol–water partition coefficient (Wildman–Crippen LogP) is 5.35. The molecule has 4 unspecified atom stereocenters. The lowest BCUT2D eigenvalue weighted by molar-refractivity contribution is -0.645. The number of hydrogen-bond acceptors (Lipinski definition) is 5. The third kappa shape index (κ3) is 2.82. The Labute approximate surface area is 186 Å². The van der Waals surface area contributed by atoms with Crippen LogP contribution in [0.4, 0.5) is 0 Å². The molecule has 0 amide bonds. The molecule has 1 saturated heterocycles. The second-order valence-electron chi connectivity index (χ2n) is 9.89. The molecule has 5 fully saturated rings. The minimum absolute atomic E-state index is 0.117. The number of fused-ring (bicyclic) bond motifs is 1. The largest absolute Gasteiger partial charge is 0.425 e. The Hall–Kier alpha value is -1.14. The Balaban J connectivity index is 1.43. The molecule has 2 aromatic carbocycles. The molecule has 31 heavy (non-hydrogen) atoms. The molecular formula is C23H26ClO6P. The Morgan fingerprint density at radius 3 is 2.35 bits per heavy atom. The van der Waals surface area contributed by atoms with Crippen molar-refractivity contribution < 1.29 is 28.5 Å². The quantitative estimate of drug-likeness (QED) is 0.373. The van der Waals surface area contributed by atoms with Gasteiger partial charge in [0, 0.05) is 24.2 Å². The first-order valence-corrected chi connectivity index (χ1v) is 13.2. The van der Waals surface area contributed by atoms with E-state index in [2.05, 4.69) is 0 Å². The molecule has 7 rings (SSSR count). The van der Waals surface area contributed by atoms with E-state index in [0.717, 1.165) is 48.4 Å². The zero-order valence-corrected chi connectivity index (χ0v) is 19.2. The molecule has 4 bridgehead atoms. The van der Waals surface area contributed by atoms with Gasteiger partial charge in [-0.05, 0) is 78.8 Å². The van der Waals surface area contributed by atoms with Crippen LogP contribution in [0.2, 0.25) is 0 Å². The molecule has 4 atom stereocenters. The SMILES string of the molecule is COC1(c2ccc3ccc(OP(C)(=O)O)cc3c2)OOC12C1CC3CC2CC(Cl)(C3)C1. The van der Waals surface area contributed by atoms with Gasteiger partial charge in [0.05, 0.1) is 0 Å². The number of alkyl halides is 1. The fourth-order valence-electron chi connectivity index (χ4n) is 7.03. The summed E-state index contributed by atoms with van der Waals surface area (Å²) in [6.07, 6.45) is 5.12. The smallest absolute Gasteiger partial charge is 0.373 e. The van der Waals surface area contributed by atoms with E-state index in [9.17, 15) is 9.46 Å². The topological polar surface area (TPSA) is 74.2 Å². The standard InChI is InChI=1S/C23H26ClO6P/c1-27-23(17-5-3-15-4-6-20(10-16(15)9-17)28-31(2,25)26)22(29-30-23)18-7-14-8-19(22)13-21(24,11-14)12-18/h3-6,9-10,14,18-19H,7-8,11-13H2,1-2H3,(H,25,26). The van der Waals surface area contributed by atoms with E-state index in [-0.39, 0.29) is 16.7 Å². The summed E-state index contributed by atoms with van der Waals surface area (Å²) >= 11 is 6.98. The van der Waals surface area contributed by atoms with Crippen LogP contribution in [0.15, 0.2) is 36.4 Å². The van der Waals surface area contributed by atoms with E-state index >= 15 is 0 Å². The van der Waals surface area contributed by atoms with Crippen molar-refractivity contribution >= 4 is 30.0 Å². The van der Waals surface area contributed by atoms with Gasteiger partial charge in [0.25, 0.3) is 5.79 Å². The minimum Gasteiger partial charge on any atom is -0.425 e. The molecule has 1 N–H and O–H groups in total. The molecule has 8 heteroatoms. The Kier molecular flexibility index (Phi) is 4.27. The monoisotopic (exact) mass is 464 g/mol.